The molecule has 0 saturated carbocycles. The Morgan fingerprint density at radius 1 is 0.350 bits per heavy atom. The average Bonchev–Trinajstić information content (AvgIpc) is 3.81. The highest BCUT2D eigenvalue weighted by Crippen LogP contribution is 2.63. The van der Waals surface area contributed by atoms with Gasteiger partial charge in [0, 0.05) is 22.4 Å². The van der Waals surface area contributed by atoms with E-state index in [0.717, 1.165) is 39.5 Å². The fourth-order valence-electron chi connectivity index (χ4n) is 10.5. The zero-order valence-corrected chi connectivity index (χ0v) is 32.4. The van der Waals surface area contributed by atoms with Gasteiger partial charge in [-0.05, 0) is 103 Å². The van der Waals surface area contributed by atoms with E-state index in [2.05, 4.69) is 205 Å². The molecule has 10 aromatic rings. The molecule has 0 N–H and O–H groups in total. The van der Waals surface area contributed by atoms with Gasteiger partial charge in [-0.2, -0.15) is 0 Å². The van der Waals surface area contributed by atoms with Crippen molar-refractivity contribution in [3.05, 3.63) is 229 Å². The number of hydrogen-bond acceptors (Lipinski definition) is 4. The molecule has 3 aliphatic rings. The van der Waals surface area contributed by atoms with Crippen LogP contribution in [0.2, 0.25) is 0 Å². The third-order valence-electron chi connectivity index (χ3n) is 12.9. The van der Waals surface area contributed by atoms with Crippen molar-refractivity contribution in [2.45, 2.75) is 5.41 Å². The molecule has 13 rings (SSSR count). The van der Waals surface area contributed by atoms with Gasteiger partial charge in [0.05, 0.1) is 16.8 Å². The van der Waals surface area contributed by atoms with Gasteiger partial charge in [0.2, 0.25) is 0 Å². The van der Waals surface area contributed by atoms with Gasteiger partial charge < -0.3 is 4.90 Å². The first-order chi connectivity index (χ1) is 29.8. The monoisotopic (exact) mass is 762 g/mol. The Kier molecular flexibility index (Phi) is 6.90. The number of anilines is 3. The Labute approximate surface area is 347 Å². The fraction of sp³-hybridized carbons (Fsp3) is 0.0179. The van der Waals surface area contributed by atoms with Crippen molar-refractivity contribution in [1.82, 2.24) is 15.2 Å². The van der Waals surface area contributed by atoms with Crippen LogP contribution in [0.4, 0.5) is 17.1 Å². The second-order valence-electron chi connectivity index (χ2n) is 15.9. The molecule has 0 saturated heterocycles. The Morgan fingerprint density at radius 3 is 1.70 bits per heavy atom. The molecule has 0 radical (unpaired) electrons. The number of fused-ring (bicyclic) bond motifs is 12. The zero-order valence-electron chi connectivity index (χ0n) is 32.4. The van der Waals surface area contributed by atoms with E-state index in [9.17, 15) is 0 Å². The Bertz CT molecular complexity index is 3340. The SMILES string of the molecule is c1ccc(-c2nc(-c3ccc4c(c3)-c3cccc5cccc-4c35)nnc2-c2ccc3c(c2)C2(c4ccccc4-c4ccccc42)c2ccccc2N3c2ccccc2)cc1. The Morgan fingerprint density at radius 2 is 0.950 bits per heavy atom. The van der Waals surface area contributed by atoms with Crippen molar-refractivity contribution >= 4 is 27.8 Å². The van der Waals surface area contributed by atoms with E-state index in [1.54, 1.807) is 0 Å². The number of aromatic nitrogens is 3. The van der Waals surface area contributed by atoms with Gasteiger partial charge in [-0.3, -0.25) is 0 Å². The van der Waals surface area contributed by atoms with Gasteiger partial charge in [0.1, 0.15) is 11.4 Å². The molecule has 2 heterocycles. The van der Waals surface area contributed by atoms with Crippen LogP contribution in [0.3, 0.4) is 0 Å². The van der Waals surface area contributed by atoms with Crippen LogP contribution in [0.1, 0.15) is 22.3 Å². The maximum Gasteiger partial charge on any atom is 0.182 e. The summed E-state index contributed by atoms with van der Waals surface area (Å²) < 4.78 is 0. The van der Waals surface area contributed by atoms with Gasteiger partial charge in [0.25, 0.3) is 0 Å². The second-order valence-corrected chi connectivity index (χ2v) is 15.9. The summed E-state index contributed by atoms with van der Waals surface area (Å²) in [5, 5.41) is 12.6. The van der Waals surface area contributed by atoms with Crippen molar-refractivity contribution < 1.29 is 0 Å². The van der Waals surface area contributed by atoms with Gasteiger partial charge in [0.15, 0.2) is 5.82 Å². The molecule has 0 unspecified atom stereocenters. The first kappa shape index (κ1) is 33.1. The lowest BCUT2D eigenvalue weighted by molar-refractivity contribution is 0.753. The van der Waals surface area contributed by atoms with Gasteiger partial charge in [-0.1, -0.05) is 170 Å². The predicted octanol–water partition coefficient (Wildman–Crippen LogP) is 13.8. The third-order valence-corrected chi connectivity index (χ3v) is 12.9. The minimum Gasteiger partial charge on any atom is -0.310 e. The van der Waals surface area contributed by atoms with Gasteiger partial charge in [-0.25, -0.2) is 4.98 Å². The largest absolute Gasteiger partial charge is 0.310 e. The summed E-state index contributed by atoms with van der Waals surface area (Å²) in [5.41, 5.74) is 19.7. The summed E-state index contributed by atoms with van der Waals surface area (Å²) in [7, 11) is 0. The molecule has 2 aliphatic carbocycles. The topological polar surface area (TPSA) is 41.9 Å². The molecule has 0 fully saturated rings. The molecular formula is C56H34N4. The molecule has 0 amide bonds. The lowest BCUT2D eigenvalue weighted by Gasteiger charge is -2.45. The molecular weight excluding hydrogens is 729 g/mol. The summed E-state index contributed by atoms with van der Waals surface area (Å²) in [6, 6.07) is 74.5. The van der Waals surface area contributed by atoms with E-state index >= 15 is 0 Å². The lowest BCUT2D eigenvalue weighted by atomic mass is 9.64. The van der Waals surface area contributed by atoms with Gasteiger partial charge >= 0.3 is 0 Å². The first-order valence-corrected chi connectivity index (χ1v) is 20.5. The van der Waals surface area contributed by atoms with Crippen LogP contribution < -0.4 is 4.90 Å². The summed E-state index contributed by atoms with van der Waals surface area (Å²) >= 11 is 0. The molecule has 4 nitrogen and oxygen atoms in total. The highest BCUT2D eigenvalue weighted by Gasteiger charge is 2.51. The summed E-state index contributed by atoms with van der Waals surface area (Å²) in [4.78, 5) is 7.82. The van der Waals surface area contributed by atoms with Crippen molar-refractivity contribution in [3.63, 3.8) is 0 Å². The van der Waals surface area contributed by atoms with E-state index < -0.39 is 5.41 Å². The molecule has 1 aromatic heterocycles. The van der Waals surface area contributed by atoms with Crippen molar-refractivity contribution in [3.8, 4) is 67.3 Å². The summed E-state index contributed by atoms with van der Waals surface area (Å²) in [6.45, 7) is 0. The minimum absolute atomic E-state index is 0.584. The number of hydrogen-bond donors (Lipinski definition) is 0. The van der Waals surface area contributed by atoms with Crippen molar-refractivity contribution in [2.75, 3.05) is 4.90 Å². The highest BCUT2D eigenvalue weighted by atomic mass is 15.2. The lowest BCUT2D eigenvalue weighted by Crippen LogP contribution is -2.36. The molecule has 1 aliphatic heterocycles. The average molecular weight is 763 g/mol. The van der Waals surface area contributed by atoms with E-state index in [1.165, 1.54) is 72.1 Å². The van der Waals surface area contributed by atoms with Crippen LogP contribution in [0.15, 0.2) is 206 Å². The number of nitrogens with zero attached hydrogens (tertiary/aromatic N) is 4. The van der Waals surface area contributed by atoms with Crippen molar-refractivity contribution in [1.29, 1.82) is 0 Å². The van der Waals surface area contributed by atoms with E-state index in [0.29, 0.717) is 5.82 Å². The van der Waals surface area contributed by atoms with Crippen LogP contribution in [0, 0.1) is 0 Å². The van der Waals surface area contributed by atoms with E-state index in [-0.39, 0.29) is 0 Å². The number of para-hydroxylation sites is 2. The molecule has 1 spiro atoms. The molecule has 60 heavy (non-hydrogen) atoms. The number of benzene rings is 9. The fourth-order valence-corrected chi connectivity index (χ4v) is 10.5. The van der Waals surface area contributed by atoms with E-state index in [4.69, 9.17) is 15.2 Å². The molecule has 0 bridgehead atoms. The Balaban J connectivity index is 1.05. The zero-order chi connectivity index (χ0) is 39.4. The standard InChI is InChI=1S/C56H34N4/c1-3-15-36(16-4-1)53-54(58-59-55(57-53)38-29-31-40-43-23-13-17-35-18-14-24-44(52(35)43)45(40)33-38)37-30-32-51-49(34-37)56(46-25-9-7-21-41(46)42-22-8-10-26-47(42)56)48-27-11-12-28-50(48)60(51)39-19-5-2-6-20-39/h1-34H. The molecule has 4 heteroatoms. The van der Waals surface area contributed by atoms with Gasteiger partial charge in [-0.15, -0.1) is 10.2 Å². The first-order valence-electron chi connectivity index (χ1n) is 20.5. The van der Waals surface area contributed by atoms with Crippen LogP contribution in [-0.4, -0.2) is 15.2 Å². The van der Waals surface area contributed by atoms with Crippen molar-refractivity contribution in [2.24, 2.45) is 0 Å². The second kappa shape index (κ2) is 12.5. The van der Waals surface area contributed by atoms with Crippen LogP contribution in [0.5, 0.6) is 0 Å². The maximum atomic E-state index is 5.40. The van der Waals surface area contributed by atoms with Crippen LogP contribution in [-0.2, 0) is 5.41 Å². The quantitative estimate of drug-likeness (QED) is 0.179. The highest BCUT2D eigenvalue weighted by molar-refractivity contribution is 6.15. The molecule has 278 valence electrons. The smallest absolute Gasteiger partial charge is 0.182 e. The van der Waals surface area contributed by atoms with Crippen LogP contribution >= 0.6 is 0 Å². The summed E-state index contributed by atoms with van der Waals surface area (Å²) in [6.07, 6.45) is 0. The van der Waals surface area contributed by atoms with Crippen LogP contribution in [0.25, 0.3) is 78.1 Å². The third kappa shape index (κ3) is 4.47. The van der Waals surface area contributed by atoms with E-state index in [1.807, 2.05) is 6.07 Å². The molecule has 0 atom stereocenters. The minimum atomic E-state index is -0.584. The predicted molar refractivity (Wildman–Crippen MR) is 244 cm³/mol. The summed E-state index contributed by atoms with van der Waals surface area (Å²) in [5.74, 6) is 0.598. The normalized spacial score (nSPS) is 13.4. The number of rotatable bonds is 4. The Hall–Kier alpha value is -7.95. The molecule has 9 aromatic carbocycles. The maximum absolute atomic E-state index is 5.40.